The Morgan fingerprint density at radius 2 is 1.85 bits per heavy atom. The molecule has 0 radical (unpaired) electrons. The zero-order valence-corrected chi connectivity index (χ0v) is 15.6. The van der Waals surface area contributed by atoms with E-state index in [0.717, 1.165) is 16.9 Å². The zero-order chi connectivity index (χ0) is 18.9. The van der Waals surface area contributed by atoms with Crippen molar-refractivity contribution in [2.45, 2.75) is 26.5 Å². The van der Waals surface area contributed by atoms with Gasteiger partial charge in [-0.3, -0.25) is 4.79 Å². The van der Waals surface area contributed by atoms with Crippen LogP contribution in [0.25, 0.3) is 6.08 Å². The predicted octanol–water partition coefficient (Wildman–Crippen LogP) is 3.82. The molecule has 26 heavy (non-hydrogen) atoms. The molecule has 5 nitrogen and oxygen atoms in total. The number of carbonyl (C=O) groups excluding carboxylic acids is 1. The summed E-state index contributed by atoms with van der Waals surface area (Å²) in [7, 11) is 3.16. The number of methoxy groups -OCH3 is 2. The maximum Gasteiger partial charge on any atom is 0.244 e. The highest BCUT2D eigenvalue weighted by Gasteiger charge is 2.04. The molecule has 0 atom stereocenters. The quantitative estimate of drug-likeness (QED) is 0.732. The third-order valence-corrected chi connectivity index (χ3v) is 3.57. The van der Waals surface area contributed by atoms with E-state index in [0.29, 0.717) is 18.0 Å². The number of nitrogens with one attached hydrogen (secondary N) is 1. The fourth-order valence-corrected chi connectivity index (χ4v) is 2.38. The molecular formula is C21H25NO4. The third kappa shape index (κ3) is 5.84. The summed E-state index contributed by atoms with van der Waals surface area (Å²) in [5.74, 6) is 1.90. The topological polar surface area (TPSA) is 56.8 Å². The number of ether oxygens (including phenoxy) is 3. The van der Waals surface area contributed by atoms with Crippen molar-refractivity contribution in [3.05, 3.63) is 59.7 Å². The Kier molecular flexibility index (Phi) is 7.09. The maximum atomic E-state index is 12.0. The van der Waals surface area contributed by atoms with Crippen LogP contribution in [0.2, 0.25) is 0 Å². The van der Waals surface area contributed by atoms with Crippen molar-refractivity contribution in [2.24, 2.45) is 0 Å². The summed E-state index contributed by atoms with van der Waals surface area (Å²) >= 11 is 0. The number of benzene rings is 2. The molecule has 0 saturated heterocycles. The molecule has 5 heteroatoms. The molecule has 2 aromatic rings. The van der Waals surface area contributed by atoms with Crippen LogP contribution in [0.1, 0.15) is 25.0 Å². The highest BCUT2D eigenvalue weighted by atomic mass is 16.5. The lowest BCUT2D eigenvalue weighted by molar-refractivity contribution is -0.116. The second-order valence-electron chi connectivity index (χ2n) is 5.98. The normalized spacial score (nSPS) is 10.8. The highest BCUT2D eigenvalue weighted by Crippen LogP contribution is 2.27. The van der Waals surface area contributed by atoms with E-state index in [1.165, 1.54) is 6.08 Å². The largest absolute Gasteiger partial charge is 0.493 e. The van der Waals surface area contributed by atoms with Crippen molar-refractivity contribution >= 4 is 12.0 Å². The van der Waals surface area contributed by atoms with Gasteiger partial charge in [0.05, 0.1) is 20.3 Å². The molecule has 0 aliphatic carbocycles. The van der Waals surface area contributed by atoms with Gasteiger partial charge in [-0.25, -0.2) is 0 Å². The van der Waals surface area contributed by atoms with Gasteiger partial charge >= 0.3 is 0 Å². The molecule has 0 unspecified atom stereocenters. The Labute approximate surface area is 154 Å². The lowest BCUT2D eigenvalue weighted by atomic mass is 10.2. The van der Waals surface area contributed by atoms with E-state index in [9.17, 15) is 4.79 Å². The van der Waals surface area contributed by atoms with Gasteiger partial charge in [0.2, 0.25) is 5.91 Å². The van der Waals surface area contributed by atoms with Crippen LogP contribution in [0.5, 0.6) is 17.2 Å². The van der Waals surface area contributed by atoms with Crippen molar-refractivity contribution in [1.29, 1.82) is 0 Å². The SMILES string of the molecule is COc1ccc(/C=C/C(=O)NCc2cccc(OC(C)C)c2)cc1OC. The van der Waals surface area contributed by atoms with Crippen molar-refractivity contribution in [3.8, 4) is 17.2 Å². The molecule has 0 fully saturated rings. The minimum absolute atomic E-state index is 0.115. The second kappa shape index (κ2) is 9.51. The first-order valence-electron chi connectivity index (χ1n) is 8.45. The molecule has 1 N–H and O–H groups in total. The summed E-state index contributed by atoms with van der Waals surface area (Å²) in [6.45, 7) is 4.39. The van der Waals surface area contributed by atoms with E-state index in [4.69, 9.17) is 14.2 Å². The van der Waals surface area contributed by atoms with Gasteiger partial charge in [0.15, 0.2) is 11.5 Å². The summed E-state index contributed by atoms with van der Waals surface area (Å²) in [4.78, 5) is 12.0. The van der Waals surface area contributed by atoms with Crippen LogP contribution in [-0.4, -0.2) is 26.2 Å². The van der Waals surface area contributed by atoms with Gasteiger partial charge in [0.1, 0.15) is 5.75 Å². The number of hydrogen-bond acceptors (Lipinski definition) is 4. The number of amides is 1. The maximum absolute atomic E-state index is 12.0. The molecule has 0 spiro atoms. The average Bonchev–Trinajstić information content (AvgIpc) is 2.64. The molecule has 1 amide bonds. The molecule has 138 valence electrons. The van der Waals surface area contributed by atoms with E-state index in [1.807, 2.05) is 50.2 Å². The summed E-state index contributed by atoms with van der Waals surface area (Å²) in [5, 5.41) is 2.86. The van der Waals surface area contributed by atoms with Crippen molar-refractivity contribution in [1.82, 2.24) is 5.32 Å². The Bertz CT molecular complexity index is 768. The van der Waals surface area contributed by atoms with Crippen molar-refractivity contribution in [3.63, 3.8) is 0 Å². The van der Waals surface area contributed by atoms with Gasteiger partial charge in [-0.1, -0.05) is 18.2 Å². The van der Waals surface area contributed by atoms with Crippen molar-refractivity contribution in [2.75, 3.05) is 14.2 Å². The van der Waals surface area contributed by atoms with Crippen LogP contribution >= 0.6 is 0 Å². The fourth-order valence-electron chi connectivity index (χ4n) is 2.38. The van der Waals surface area contributed by atoms with Crippen LogP contribution < -0.4 is 19.5 Å². The molecule has 0 aliphatic rings. The Hall–Kier alpha value is -2.95. The van der Waals surface area contributed by atoms with Crippen LogP contribution in [0.4, 0.5) is 0 Å². The molecule has 0 bridgehead atoms. The van der Waals surface area contributed by atoms with Gasteiger partial charge in [-0.15, -0.1) is 0 Å². The second-order valence-corrected chi connectivity index (χ2v) is 5.98. The third-order valence-electron chi connectivity index (χ3n) is 3.57. The van der Waals surface area contributed by atoms with E-state index in [1.54, 1.807) is 26.4 Å². The molecular weight excluding hydrogens is 330 g/mol. The number of carbonyl (C=O) groups is 1. The zero-order valence-electron chi connectivity index (χ0n) is 15.6. The van der Waals surface area contributed by atoms with E-state index < -0.39 is 0 Å². The monoisotopic (exact) mass is 355 g/mol. The van der Waals surface area contributed by atoms with E-state index in [-0.39, 0.29) is 12.0 Å². The Balaban J connectivity index is 1.93. The van der Waals surface area contributed by atoms with Gasteiger partial charge in [-0.2, -0.15) is 0 Å². The molecule has 0 aromatic heterocycles. The lowest BCUT2D eigenvalue weighted by Crippen LogP contribution is -2.20. The summed E-state index contributed by atoms with van der Waals surface area (Å²) in [6.07, 6.45) is 3.34. The summed E-state index contributed by atoms with van der Waals surface area (Å²) < 4.78 is 16.1. The van der Waals surface area contributed by atoms with E-state index >= 15 is 0 Å². The average molecular weight is 355 g/mol. The van der Waals surface area contributed by atoms with Crippen LogP contribution in [0.15, 0.2) is 48.5 Å². The number of rotatable bonds is 8. The van der Waals surface area contributed by atoms with Crippen LogP contribution in [0, 0.1) is 0 Å². The van der Waals surface area contributed by atoms with Crippen LogP contribution in [0.3, 0.4) is 0 Å². The van der Waals surface area contributed by atoms with Crippen LogP contribution in [-0.2, 0) is 11.3 Å². The fraction of sp³-hybridized carbons (Fsp3) is 0.286. The summed E-state index contributed by atoms with van der Waals surface area (Å²) in [6, 6.07) is 13.2. The van der Waals surface area contributed by atoms with Gasteiger partial charge in [-0.05, 0) is 55.3 Å². The Morgan fingerprint density at radius 1 is 1.08 bits per heavy atom. The molecule has 0 aliphatic heterocycles. The first-order valence-corrected chi connectivity index (χ1v) is 8.45. The minimum Gasteiger partial charge on any atom is -0.493 e. The van der Waals surface area contributed by atoms with Gasteiger partial charge < -0.3 is 19.5 Å². The predicted molar refractivity (Wildman–Crippen MR) is 103 cm³/mol. The first-order chi connectivity index (χ1) is 12.5. The molecule has 2 aromatic carbocycles. The molecule has 2 rings (SSSR count). The highest BCUT2D eigenvalue weighted by molar-refractivity contribution is 5.91. The van der Waals surface area contributed by atoms with E-state index in [2.05, 4.69) is 5.32 Å². The Morgan fingerprint density at radius 3 is 2.54 bits per heavy atom. The van der Waals surface area contributed by atoms with Crippen molar-refractivity contribution < 1.29 is 19.0 Å². The smallest absolute Gasteiger partial charge is 0.244 e. The molecule has 0 heterocycles. The minimum atomic E-state index is -0.171. The standard InChI is InChI=1S/C21H25NO4/c1-15(2)26-18-7-5-6-17(12-18)14-22-21(23)11-9-16-8-10-19(24-3)20(13-16)25-4/h5-13,15H,14H2,1-4H3,(H,22,23)/b11-9+. The first kappa shape index (κ1) is 19.4. The lowest BCUT2D eigenvalue weighted by Gasteiger charge is -2.11. The van der Waals surface area contributed by atoms with Gasteiger partial charge in [0.25, 0.3) is 0 Å². The molecule has 0 saturated carbocycles. The number of hydrogen-bond donors (Lipinski definition) is 1. The summed E-state index contributed by atoms with van der Waals surface area (Å²) in [5.41, 5.74) is 1.83. The van der Waals surface area contributed by atoms with Gasteiger partial charge in [0, 0.05) is 12.6 Å².